The van der Waals surface area contributed by atoms with Crippen LogP contribution in [0.25, 0.3) is 0 Å². The van der Waals surface area contributed by atoms with E-state index in [2.05, 4.69) is 22.5 Å². The van der Waals surface area contributed by atoms with Crippen molar-refractivity contribution in [3.8, 4) is 5.75 Å². The zero-order valence-corrected chi connectivity index (χ0v) is 16.3. The smallest absolute Gasteiger partial charge is 0.315 e. The Morgan fingerprint density at radius 2 is 2.19 bits per heavy atom. The van der Waals surface area contributed by atoms with E-state index in [1.807, 2.05) is 0 Å². The van der Waals surface area contributed by atoms with E-state index in [1.165, 1.54) is 38.1 Å². The van der Waals surface area contributed by atoms with Gasteiger partial charge in [0, 0.05) is 18.7 Å². The molecule has 0 bridgehead atoms. The quantitative estimate of drug-likeness (QED) is 0.741. The highest BCUT2D eigenvalue weighted by molar-refractivity contribution is 5.74. The molecule has 6 heteroatoms. The highest BCUT2D eigenvalue weighted by atomic mass is 19.1. The fraction of sp³-hybridized carbons (Fsp3) is 0.667. The van der Waals surface area contributed by atoms with Crippen molar-refractivity contribution >= 4 is 6.03 Å². The fourth-order valence-electron chi connectivity index (χ4n) is 4.06. The third-order valence-corrected chi connectivity index (χ3v) is 5.48. The maximum Gasteiger partial charge on any atom is 0.315 e. The summed E-state index contributed by atoms with van der Waals surface area (Å²) in [4.78, 5) is 14.8. The number of carbonyl (C=O) groups excluding carboxylic acids is 1. The topological polar surface area (TPSA) is 53.6 Å². The molecule has 0 aromatic heterocycles. The van der Waals surface area contributed by atoms with E-state index in [0.29, 0.717) is 18.9 Å². The molecule has 27 heavy (non-hydrogen) atoms. The van der Waals surface area contributed by atoms with Crippen LogP contribution in [-0.4, -0.2) is 43.7 Å². The average Bonchev–Trinajstić information content (AvgIpc) is 2.84. The number of urea groups is 1. The van der Waals surface area contributed by atoms with Crippen LogP contribution in [0.3, 0.4) is 0 Å². The summed E-state index contributed by atoms with van der Waals surface area (Å²) in [6.45, 7) is 7.09. The van der Waals surface area contributed by atoms with Crippen molar-refractivity contribution in [3.05, 3.63) is 29.6 Å². The van der Waals surface area contributed by atoms with Gasteiger partial charge in [-0.3, -0.25) is 0 Å². The molecule has 2 N–H and O–H groups in total. The fourth-order valence-corrected chi connectivity index (χ4v) is 4.06. The highest BCUT2D eigenvalue weighted by Gasteiger charge is 2.22. The Labute approximate surface area is 161 Å². The van der Waals surface area contributed by atoms with Gasteiger partial charge in [-0.2, -0.15) is 0 Å². The maximum absolute atomic E-state index is 13.6. The van der Waals surface area contributed by atoms with E-state index in [0.717, 1.165) is 43.7 Å². The molecule has 3 rings (SSSR count). The van der Waals surface area contributed by atoms with Crippen molar-refractivity contribution < 1.29 is 13.9 Å². The summed E-state index contributed by atoms with van der Waals surface area (Å²) in [5, 5.41) is 5.92. The van der Waals surface area contributed by atoms with Crippen LogP contribution in [0, 0.1) is 11.7 Å². The largest absolute Gasteiger partial charge is 0.493 e. The van der Waals surface area contributed by atoms with Gasteiger partial charge in [-0.1, -0.05) is 6.92 Å². The standard InChI is InChI=1S/C21H32FN3O2/c1-16-6-4-12-25(15-16)11-3-2-10-23-21(26)24-19-7-5-13-27-20-9-8-17(22)14-18(19)20/h8-9,14,16,19H,2-7,10-13,15H2,1H3,(H2,23,24,26)/t16-,19-/m0/s1. The Balaban J connectivity index is 1.39. The summed E-state index contributed by atoms with van der Waals surface area (Å²) < 4.78 is 19.3. The molecule has 2 aliphatic heterocycles. The van der Waals surface area contributed by atoms with E-state index in [1.54, 1.807) is 6.07 Å². The van der Waals surface area contributed by atoms with Gasteiger partial charge in [0.05, 0.1) is 12.6 Å². The molecular formula is C21H32FN3O2. The van der Waals surface area contributed by atoms with Gasteiger partial charge in [-0.25, -0.2) is 9.18 Å². The lowest BCUT2D eigenvalue weighted by atomic mass is 10.0. The number of fused-ring (bicyclic) bond motifs is 1. The van der Waals surface area contributed by atoms with Gasteiger partial charge in [0.2, 0.25) is 0 Å². The van der Waals surface area contributed by atoms with Crippen LogP contribution in [-0.2, 0) is 0 Å². The number of amides is 2. The maximum atomic E-state index is 13.6. The predicted molar refractivity (Wildman–Crippen MR) is 104 cm³/mol. The van der Waals surface area contributed by atoms with Crippen molar-refractivity contribution in [1.29, 1.82) is 0 Å². The molecule has 1 aromatic rings. The third kappa shape index (κ3) is 6.09. The number of hydrogen-bond donors (Lipinski definition) is 2. The zero-order valence-electron chi connectivity index (χ0n) is 16.3. The normalized spacial score (nSPS) is 23.0. The first kappa shape index (κ1) is 19.9. The second-order valence-corrected chi connectivity index (χ2v) is 7.88. The average molecular weight is 378 g/mol. The summed E-state index contributed by atoms with van der Waals surface area (Å²) in [5.41, 5.74) is 0.724. The van der Waals surface area contributed by atoms with Crippen molar-refractivity contribution in [2.45, 2.75) is 51.5 Å². The van der Waals surface area contributed by atoms with Gasteiger partial charge in [0.15, 0.2) is 0 Å². The molecule has 1 fully saturated rings. The van der Waals surface area contributed by atoms with E-state index in [4.69, 9.17) is 4.74 Å². The molecule has 0 radical (unpaired) electrons. The van der Waals surface area contributed by atoms with E-state index < -0.39 is 0 Å². The minimum atomic E-state index is -0.307. The Kier molecular flexibility index (Phi) is 7.33. The van der Waals surface area contributed by atoms with Crippen molar-refractivity contribution in [2.75, 3.05) is 32.8 Å². The van der Waals surface area contributed by atoms with E-state index in [9.17, 15) is 9.18 Å². The molecule has 150 valence electrons. The first-order chi connectivity index (χ1) is 13.1. The second-order valence-electron chi connectivity index (χ2n) is 7.88. The number of nitrogens with one attached hydrogen (secondary N) is 2. The zero-order chi connectivity index (χ0) is 19.1. The first-order valence-electron chi connectivity index (χ1n) is 10.3. The first-order valence-corrected chi connectivity index (χ1v) is 10.3. The summed E-state index contributed by atoms with van der Waals surface area (Å²) in [6, 6.07) is 4.09. The molecule has 0 aliphatic carbocycles. The minimum absolute atomic E-state index is 0.191. The molecule has 2 heterocycles. The number of benzene rings is 1. The number of hydrogen-bond acceptors (Lipinski definition) is 3. The Bertz CT molecular complexity index is 625. The molecular weight excluding hydrogens is 345 g/mol. The van der Waals surface area contributed by atoms with Gasteiger partial charge in [-0.05, 0) is 75.7 Å². The SMILES string of the molecule is C[C@H]1CCCN(CCCCNC(=O)N[C@H]2CCCOc3ccc(F)cc32)C1. The third-order valence-electron chi connectivity index (χ3n) is 5.48. The lowest BCUT2D eigenvalue weighted by molar-refractivity contribution is 0.181. The molecule has 5 nitrogen and oxygen atoms in total. The summed E-state index contributed by atoms with van der Waals surface area (Å²) >= 11 is 0. The van der Waals surface area contributed by atoms with Crippen molar-refractivity contribution in [3.63, 3.8) is 0 Å². The Morgan fingerprint density at radius 1 is 1.30 bits per heavy atom. The van der Waals surface area contributed by atoms with Gasteiger partial charge in [0.25, 0.3) is 0 Å². The van der Waals surface area contributed by atoms with Crippen LogP contribution < -0.4 is 15.4 Å². The summed E-state index contributed by atoms with van der Waals surface area (Å²) in [6.07, 6.45) is 6.29. The summed E-state index contributed by atoms with van der Waals surface area (Å²) in [5.74, 6) is 1.16. The molecule has 2 atom stereocenters. The Hall–Kier alpha value is -1.82. The van der Waals surface area contributed by atoms with Gasteiger partial charge in [0.1, 0.15) is 11.6 Å². The molecule has 1 aromatic carbocycles. The number of rotatable bonds is 6. The lowest BCUT2D eigenvalue weighted by Crippen LogP contribution is -2.39. The van der Waals surface area contributed by atoms with Crippen LogP contribution in [0.2, 0.25) is 0 Å². The minimum Gasteiger partial charge on any atom is -0.493 e. The molecule has 0 spiro atoms. The van der Waals surface area contributed by atoms with Gasteiger partial charge in [-0.15, -0.1) is 0 Å². The van der Waals surface area contributed by atoms with Crippen LogP contribution in [0.5, 0.6) is 5.75 Å². The van der Waals surface area contributed by atoms with Crippen molar-refractivity contribution in [2.24, 2.45) is 5.92 Å². The lowest BCUT2D eigenvalue weighted by Gasteiger charge is -2.30. The Morgan fingerprint density at radius 3 is 3.04 bits per heavy atom. The molecule has 2 amide bonds. The highest BCUT2D eigenvalue weighted by Crippen LogP contribution is 2.31. The summed E-state index contributed by atoms with van der Waals surface area (Å²) in [7, 11) is 0. The molecule has 0 unspecified atom stereocenters. The van der Waals surface area contributed by atoms with Crippen molar-refractivity contribution in [1.82, 2.24) is 15.5 Å². The number of halogens is 1. The van der Waals surface area contributed by atoms with Gasteiger partial charge >= 0.3 is 6.03 Å². The number of nitrogens with zero attached hydrogens (tertiary/aromatic N) is 1. The number of piperidine rings is 1. The number of unbranched alkanes of at least 4 members (excludes halogenated alkanes) is 1. The van der Waals surface area contributed by atoms with Gasteiger partial charge < -0.3 is 20.3 Å². The van der Waals surface area contributed by atoms with E-state index in [-0.39, 0.29) is 17.9 Å². The molecule has 2 aliphatic rings. The predicted octanol–water partition coefficient (Wildman–Crippen LogP) is 3.85. The second kappa shape index (κ2) is 9.93. The van der Waals surface area contributed by atoms with Crippen LogP contribution in [0.4, 0.5) is 9.18 Å². The van der Waals surface area contributed by atoms with E-state index >= 15 is 0 Å². The van der Waals surface area contributed by atoms with Crippen LogP contribution in [0.15, 0.2) is 18.2 Å². The van der Waals surface area contributed by atoms with Crippen LogP contribution >= 0.6 is 0 Å². The number of likely N-dealkylation sites (tertiary alicyclic amines) is 1. The van der Waals surface area contributed by atoms with Crippen LogP contribution in [0.1, 0.15) is 57.1 Å². The number of carbonyl (C=O) groups is 1. The number of ether oxygens (including phenoxy) is 1. The molecule has 0 saturated carbocycles. The molecule has 1 saturated heterocycles. The monoisotopic (exact) mass is 377 g/mol.